The normalized spacial score (nSPS) is 11.3. The zero-order valence-electron chi connectivity index (χ0n) is 18.1. The molecule has 6 heteroatoms. The molecule has 3 rings (SSSR count). The van der Waals surface area contributed by atoms with Crippen molar-refractivity contribution in [3.63, 3.8) is 0 Å². The Labute approximate surface area is 188 Å². The fraction of sp³-hybridized carbons (Fsp3) is 0.231. The smallest absolute Gasteiger partial charge is 0.408 e. The minimum atomic E-state index is -0.764. The molecule has 0 unspecified atom stereocenters. The van der Waals surface area contributed by atoms with E-state index in [2.05, 4.69) is 10.6 Å². The van der Waals surface area contributed by atoms with Crippen LogP contribution in [0.5, 0.6) is 5.75 Å². The molecule has 1 atom stereocenters. The number of hydrogen-bond acceptors (Lipinski definition) is 4. The molecule has 0 spiro atoms. The van der Waals surface area contributed by atoms with Gasteiger partial charge in [-0.2, -0.15) is 0 Å². The molecule has 2 N–H and O–H groups in total. The first-order chi connectivity index (χ1) is 15.6. The maximum Gasteiger partial charge on any atom is 0.408 e. The molecule has 0 aliphatic heterocycles. The number of nitrogens with one attached hydrogen (secondary N) is 2. The highest BCUT2D eigenvalue weighted by Gasteiger charge is 2.21. The maximum atomic E-state index is 12.8. The quantitative estimate of drug-likeness (QED) is 0.474. The van der Waals surface area contributed by atoms with Crippen LogP contribution < -0.4 is 15.4 Å². The van der Waals surface area contributed by atoms with Crippen LogP contribution in [0.1, 0.15) is 16.7 Å². The van der Waals surface area contributed by atoms with Crippen molar-refractivity contribution in [3.05, 3.63) is 102 Å². The SMILES string of the molecule is Cc1ccc(OCCNC(=O)[C@H](Cc2ccccc2)NC(=O)OCc2ccccc2)cc1. The van der Waals surface area contributed by atoms with Gasteiger partial charge in [0.2, 0.25) is 5.91 Å². The van der Waals surface area contributed by atoms with Crippen molar-refractivity contribution < 1.29 is 19.1 Å². The van der Waals surface area contributed by atoms with Crippen molar-refractivity contribution in [2.45, 2.75) is 26.0 Å². The Bertz CT molecular complexity index is 976. The van der Waals surface area contributed by atoms with Crippen LogP contribution in [0.4, 0.5) is 4.79 Å². The average Bonchev–Trinajstić information content (AvgIpc) is 2.82. The fourth-order valence-electron chi connectivity index (χ4n) is 3.07. The lowest BCUT2D eigenvalue weighted by Gasteiger charge is -2.19. The first kappa shape index (κ1) is 22.9. The number of amides is 2. The van der Waals surface area contributed by atoms with Crippen molar-refractivity contribution in [1.82, 2.24) is 10.6 Å². The second kappa shape index (κ2) is 12.2. The Morgan fingerprint density at radius 1 is 0.844 bits per heavy atom. The van der Waals surface area contributed by atoms with Crippen LogP contribution in [-0.2, 0) is 22.6 Å². The van der Waals surface area contributed by atoms with Gasteiger partial charge in [0, 0.05) is 6.42 Å². The summed E-state index contributed by atoms with van der Waals surface area (Å²) in [4.78, 5) is 25.1. The van der Waals surface area contributed by atoms with E-state index in [0.717, 1.165) is 22.4 Å². The summed E-state index contributed by atoms with van der Waals surface area (Å²) < 4.78 is 10.9. The van der Waals surface area contributed by atoms with E-state index in [0.29, 0.717) is 19.6 Å². The van der Waals surface area contributed by atoms with Crippen molar-refractivity contribution >= 4 is 12.0 Å². The van der Waals surface area contributed by atoms with Gasteiger partial charge in [-0.05, 0) is 30.2 Å². The summed E-state index contributed by atoms with van der Waals surface area (Å²) >= 11 is 0. The number of rotatable bonds is 10. The molecule has 0 radical (unpaired) electrons. The summed E-state index contributed by atoms with van der Waals surface area (Å²) in [6.07, 6.45) is -0.285. The second-order valence-corrected chi connectivity index (χ2v) is 7.40. The monoisotopic (exact) mass is 432 g/mol. The number of alkyl carbamates (subject to hydrolysis) is 1. The minimum absolute atomic E-state index is 0.136. The summed E-state index contributed by atoms with van der Waals surface area (Å²) in [6.45, 7) is 2.79. The van der Waals surface area contributed by atoms with E-state index < -0.39 is 12.1 Å². The second-order valence-electron chi connectivity index (χ2n) is 7.40. The van der Waals surface area contributed by atoms with E-state index in [9.17, 15) is 9.59 Å². The van der Waals surface area contributed by atoms with Gasteiger partial charge < -0.3 is 20.1 Å². The Balaban J connectivity index is 1.51. The first-order valence-corrected chi connectivity index (χ1v) is 10.6. The Morgan fingerprint density at radius 2 is 1.47 bits per heavy atom. The number of aryl methyl sites for hydroxylation is 1. The van der Waals surface area contributed by atoms with Crippen LogP contribution in [0.2, 0.25) is 0 Å². The number of benzene rings is 3. The van der Waals surface area contributed by atoms with Crippen molar-refractivity contribution in [2.24, 2.45) is 0 Å². The fourth-order valence-corrected chi connectivity index (χ4v) is 3.07. The molecule has 0 fully saturated rings. The van der Waals surface area contributed by atoms with E-state index >= 15 is 0 Å². The molecule has 0 saturated heterocycles. The van der Waals surface area contributed by atoms with E-state index in [1.165, 1.54) is 0 Å². The lowest BCUT2D eigenvalue weighted by Crippen LogP contribution is -2.48. The number of hydrogen-bond donors (Lipinski definition) is 2. The van der Waals surface area contributed by atoms with Crippen molar-refractivity contribution in [1.29, 1.82) is 0 Å². The Hall–Kier alpha value is -3.80. The zero-order chi connectivity index (χ0) is 22.6. The van der Waals surface area contributed by atoms with Crippen LogP contribution in [-0.4, -0.2) is 31.2 Å². The summed E-state index contributed by atoms with van der Waals surface area (Å²) in [5.41, 5.74) is 2.96. The van der Waals surface area contributed by atoms with Crippen molar-refractivity contribution in [3.8, 4) is 5.75 Å². The molecule has 3 aromatic rings. The predicted octanol–water partition coefficient (Wildman–Crippen LogP) is 4.03. The molecule has 3 aromatic carbocycles. The highest BCUT2D eigenvalue weighted by atomic mass is 16.5. The summed E-state index contributed by atoms with van der Waals surface area (Å²) in [7, 11) is 0. The Morgan fingerprint density at radius 3 is 2.12 bits per heavy atom. The van der Waals surface area contributed by atoms with Gasteiger partial charge in [0.25, 0.3) is 0 Å². The largest absolute Gasteiger partial charge is 0.492 e. The van der Waals surface area contributed by atoms with E-state index in [4.69, 9.17) is 9.47 Å². The molecule has 0 saturated carbocycles. The Kier molecular flexibility index (Phi) is 8.69. The lowest BCUT2D eigenvalue weighted by molar-refractivity contribution is -0.123. The third kappa shape index (κ3) is 7.80. The number of ether oxygens (including phenoxy) is 2. The standard InChI is InChI=1S/C26H28N2O4/c1-20-12-14-23(15-13-20)31-17-16-27-25(29)24(18-21-8-4-2-5-9-21)28-26(30)32-19-22-10-6-3-7-11-22/h2-15,24H,16-19H2,1H3,(H,27,29)(H,28,30)/t24-/m0/s1. The lowest BCUT2D eigenvalue weighted by atomic mass is 10.1. The van der Waals surface area contributed by atoms with Crippen LogP contribution in [0.15, 0.2) is 84.9 Å². The topological polar surface area (TPSA) is 76.7 Å². The summed E-state index contributed by atoms with van der Waals surface area (Å²) in [5.74, 6) is 0.450. The third-order valence-corrected chi connectivity index (χ3v) is 4.79. The van der Waals surface area contributed by atoms with E-state index in [-0.39, 0.29) is 12.5 Å². The predicted molar refractivity (Wildman–Crippen MR) is 123 cm³/mol. The summed E-state index contributed by atoms with van der Waals surface area (Å²) in [6, 6.07) is 25.9. The van der Waals surface area contributed by atoms with Gasteiger partial charge in [-0.15, -0.1) is 0 Å². The molecule has 166 valence electrons. The molecule has 32 heavy (non-hydrogen) atoms. The number of carbonyl (C=O) groups excluding carboxylic acids is 2. The number of carbonyl (C=O) groups is 2. The highest BCUT2D eigenvalue weighted by Crippen LogP contribution is 2.11. The van der Waals surface area contributed by atoms with Crippen LogP contribution in [0, 0.1) is 6.92 Å². The van der Waals surface area contributed by atoms with Gasteiger partial charge in [0.15, 0.2) is 0 Å². The van der Waals surface area contributed by atoms with Gasteiger partial charge in [-0.3, -0.25) is 4.79 Å². The van der Waals surface area contributed by atoms with Crippen molar-refractivity contribution in [2.75, 3.05) is 13.2 Å². The van der Waals surface area contributed by atoms with Gasteiger partial charge >= 0.3 is 6.09 Å². The molecular weight excluding hydrogens is 404 g/mol. The highest BCUT2D eigenvalue weighted by molar-refractivity contribution is 5.85. The average molecular weight is 433 g/mol. The van der Waals surface area contributed by atoms with Gasteiger partial charge in [0.1, 0.15) is 25.0 Å². The molecular formula is C26H28N2O4. The van der Waals surface area contributed by atoms with Crippen LogP contribution >= 0.6 is 0 Å². The molecule has 2 amide bonds. The third-order valence-electron chi connectivity index (χ3n) is 4.79. The summed E-state index contributed by atoms with van der Waals surface area (Å²) in [5, 5.41) is 5.52. The van der Waals surface area contributed by atoms with E-state index in [1.807, 2.05) is 91.9 Å². The molecule has 0 aromatic heterocycles. The van der Waals surface area contributed by atoms with E-state index in [1.54, 1.807) is 0 Å². The maximum absolute atomic E-state index is 12.8. The van der Waals surface area contributed by atoms with Crippen LogP contribution in [0.3, 0.4) is 0 Å². The van der Waals surface area contributed by atoms with Crippen LogP contribution in [0.25, 0.3) is 0 Å². The van der Waals surface area contributed by atoms with Gasteiger partial charge in [0.05, 0.1) is 6.54 Å². The minimum Gasteiger partial charge on any atom is -0.492 e. The first-order valence-electron chi connectivity index (χ1n) is 10.6. The molecule has 0 heterocycles. The zero-order valence-corrected chi connectivity index (χ0v) is 18.1. The van der Waals surface area contributed by atoms with Gasteiger partial charge in [-0.1, -0.05) is 78.4 Å². The molecule has 6 nitrogen and oxygen atoms in total. The molecule has 0 aliphatic carbocycles. The molecule has 0 bridgehead atoms. The van der Waals surface area contributed by atoms with Gasteiger partial charge in [-0.25, -0.2) is 4.79 Å². The molecule has 0 aliphatic rings.